The highest BCUT2D eigenvalue weighted by atomic mass is 32.2. The molecule has 1 unspecified atom stereocenters. The summed E-state index contributed by atoms with van der Waals surface area (Å²) in [5.41, 5.74) is 6.18. The lowest BCUT2D eigenvalue weighted by atomic mass is 10.3. The second-order valence-corrected chi connectivity index (χ2v) is 3.90. The van der Waals surface area contributed by atoms with E-state index in [9.17, 15) is 8.76 Å². The fraction of sp³-hybridized carbons (Fsp3) is 0. The number of hydrogen-bond donors (Lipinski definition) is 1. The lowest BCUT2D eigenvalue weighted by molar-refractivity contribution is 0.537. The fourth-order valence-electron chi connectivity index (χ4n) is 0.985. The van der Waals surface area contributed by atoms with E-state index in [1.54, 1.807) is 30.3 Å². The molecule has 0 aliphatic heterocycles. The number of nitrogen functional groups attached to an aromatic ring is 1. The molecule has 2 aromatic carbocycles. The minimum Gasteiger partial charge on any atom is -0.768 e. The number of para-hydroxylation sites is 1. The van der Waals surface area contributed by atoms with Crippen molar-refractivity contribution in [3.8, 4) is 0 Å². The Morgan fingerprint density at radius 3 is 1.56 bits per heavy atom. The molecule has 2 rings (SSSR count). The topological polar surface area (TPSA) is 66.2 Å². The number of hydrogen-bond acceptors (Lipinski definition) is 3. The van der Waals surface area contributed by atoms with E-state index in [1.165, 1.54) is 0 Å². The van der Waals surface area contributed by atoms with Crippen molar-refractivity contribution in [2.24, 2.45) is 0 Å². The summed E-state index contributed by atoms with van der Waals surface area (Å²) in [6.07, 6.45) is 0. The first-order valence-corrected chi connectivity index (χ1v) is 5.72. The van der Waals surface area contributed by atoms with Crippen LogP contribution >= 0.6 is 0 Å². The molecule has 4 heteroatoms. The van der Waals surface area contributed by atoms with Crippen LogP contribution in [0.4, 0.5) is 5.69 Å². The summed E-state index contributed by atoms with van der Waals surface area (Å²) in [5, 5.41) is 0. The van der Waals surface area contributed by atoms with Crippen molar-refractivity contribution >= 4 is 16.8 Å². The number of rotatable bonds is 1. The van der Waals surface area contributed by atoms with Gasteiger partial charge in [0, 0.05) is 10.6 Å². The van der Waals surface area contributed by atoms with E-state index in [2.05, 4.69) is 0 Å². The Morgan fingerprint density at radius 2 is 1.31 bits per heavy atom. The van der Waals surface area contributed by atoms with Crippen LogP contribution in [0, 0.1) is 0 Å². The van der Waals surface area contributed by atoms with Crippen molar-refractivity contribution < 1.29 is 8.76 Å². The van der Waals surface area contributed by atoms with Crippen LogP contribution in [-0.4, -0.2) is 8.76 Å². The van der Waals surface area contributed by atoms with E-state index in [-0.39, 0.29) is 0 Å². The fourth-order valence-corrected chi connectivity index (χ4v) is 1.36. The molecule has 2 N–H and O–H groups in total. The molecular weight excluding hydrogens is 222 g/mol. The van der Waals surface area contributed by atoms with Gasteiger partial charge in [-0.15, -0.1) is 0 Å². The predicted molar refractivity (Wildman–Crippen MR) is 64.5 cm³/mol. The molecule has 16 heavy (non-hydrogen) atoms. The molecule has 0 aliphatic rings. The van der Waals surface area contributed by atoms with E-state index < -0.39 is 11.1 Å². The van der Waals surface area contributed by atoms with Crippen molar-refractivity contribution in [1.82, 2.24) is 0 Å². The van der Waals surface area contributed by atoms with Crippen LogP contribution in [0.2, 0.25) is 0 Å². The summed E-state index contributed by atoms with van der Waals surface area (Å²) in [6.45, 7) is 0. The molecule has 2 aromatic rings. The van der Waals surface area contributed by atoms with Gasteiger partial charge in [0.05, 0.1) is 0 Å². The Labute approximate surface area is 97.2 Å². The van der Waals surface area contributed by atoms with E-state index in [1.807, 2.05) is 30.3 Å². The van der Waals surface area contributed by atoms with Gasteiger partial charge >= 0.3 is 0 Å². The molecule has 0 saturated carbocycles. The maximum atomic E-state index is 10.2. The minimum absolute atomic E-state index is 0.331. The maximum Gasteiger partial charge on any atom is 0.0313 e. The van der Waals surface area contributed by atoms with Crippen LogP contribution in [0.1, 0.15) is 0 Å². The largest absolute Gasteiger partial charge is 0.768 e. The lowest BCUT2D eigenvalue weighted by Gasteiger charge is -2.01. The molecular formula is C12H12NO2S-. The lowest BCUT2D eigenvalue weighted by Crippen LogP contribution is -1.85. The van der Waals surface area contributed by atoms with E-state index in [4.69, 9.17) is 5.73 Å². The van der Waals surface area contributed by atoms with Crippen molar-refractivity contribution in [3.05, 3.63) is 60.7 Å². The van der Waals surface area contributed by atoms with Crippen LogP contribution < -0.4 is 5.73 Å². The third-order valence-electron chi connectivity index (χ3n) is 1.74. The van der Waals surface area contributed by atoms with E-state index in [0.29, 0.717) is 4.90 Å². The number of nitrogens with two attached hydrogens (primary N) is 1. The average molecular weight is 234 g/mol. The summed E-state index contributed by atoms with van der Waals surface area (Å²) in [5.74, 6) is 0. The smallest absolute Gasteiger partial charge is 0.0313 e. The standard InChI is InChI=1S/C6H7N.C6H6O2S/c7-6-4-2-1-3-5-6;7-9(8)6-4-2-1-3-5-6/h1-5H,7H2;1-5H,(H,7,8)/p-1. The summed E-state index contributed by atoms with van der Waals surface area (Å²) in [6, 6.07) is 17.7. The average Bonchev–Trinajstić information content (AvgIpc) is 2.32. The van der Waals surface area contributed by atoms with Crippen LogP contribution in [0.25, 0.3) is 0 Å². The summed E-state index contributed by atoms with van der Waals surface area (Å²) >= 11 is -2.08. The minimum atomic E-state index is -2.08. The van der Waals surface area contributed by atoms with Gasteiger partial charge in [-0.1, -0.05) is 36.4 Å². The third-order valence-corrected chi connectivity index (χ3v) is 2.39. The van der Waals surface area contributed by atoms with Crippen LogP contribution in [0.3, 0.4) is 0 Å². The van der Waals surface area contributed by atoms with Gasteiger partial charge in [0.1, 0.15) is 0 Å². The molecule has 84 valence electrons. The zero-order chi connectivity index (χ0) is 11.8. The molecule has 0 amide bonds. The van der Waals surface area contributed by atoms with E-state index >= 15 is 0 Å². The first-order chi connectivity index (χ1) is 7.70. The van der Waals surface area contributed by atoms with Crippen molar-refractivity contribution in [1.29, 1.82) is 0 Å². The van der Waals surface area contributed by atoms with Gasteiger partial charge in [-0.2, -0.15) is 0 Å². The highest BCUT2D eigenvalue weighted by Crippen LogP contribution is 2.00. The van der Waals surface area contributed by atoms with Crippen LogP contribution in [-0.2, 0) is 11.1 Å². The van der Waals surface area contributed by atoms with Gasteiger partial charge in [0.2, 0.25) is 0 Å². The molecule has 0 heterocycles. The molecule has 0 fully saturated rings. The molecule has 0 spiro atoms. The Morgan fingerprint density at radius 1 is 0.875 bits per heavy atom. The van der Waals surface area contributed by atoms with Gasteiger partial charge in [0.25, 0.3) is 0 Å². The first-order valence-electron chi connectivity index (χ1n) is 4.65. The van der Waals surface area contributed by atoms with E-state index in [0.717, 1.165) is 5.69 Å². The molecule has 0 aromatic heterocycles. The third kappa shape index (κ3) is 4.72. The monoisotopic (exact) mass is 234 g/mol. The molecule has 0 saturated heterocycles. The molecule has 0 bridgehead atoms. The van der Waals surface area contributed by atoms with Gasteiger partial charge in [-0.05, 0) is 35.3 Å². The second kappa shape index (κ2) is 6.76. The van der Waals surface area contributed by atoms with Crippen molar-refractivity contribution in [2.45, 2.75) is 4.90 Å². The summed E-state index contributed by atoms with van der Waals surface area (Å²) < 4.78 is 20.4. The normalized spacial score (nSPS) is 11.1. The quantitative estimate of drug-likeness (QED) is 0.607. The summed E-state index contributed by atoms with van der Waals surface area (Å²) in [7, 11) is 0. The SMILES string of the molecule is Nc1ccccc1.O=S([O-])c1ccccc1. The van der Waals surface area contributed by atoms with Gasteiger partial charge in [-0.3, -0.25) is 4.21 Å². The Kier molecular flexibility index (Phi) is 5.25. The number of benzene rings is 2. The van der Waals surface area contributed by atoms with Gasteiger partial charge in [0.15, 0.2) is 0 Å². The Bertz CT molecular complexity index is 431. The van der Waals surface area contributed by atoms with Crippen molar-refractivity contribution in [3.63, 3.8) is 0 Å². The maximum absolute atomic E-state index is 10.2. The van der Waals surface area contributed by atoms with Gasteiger partial charge < -0.3 is 10.3 Å². The summed E-state index contributed by atoms with van der Waals surface area (Å²) in [4.78, 5) is 0.331. The molecule has 3 nitrogen and oxygen atoms in total. The second-order valence-electron chi connectivity index (χ2n) is 2.96. The van der Waals surface area contributed by atoms with Crippen LogP contribution in [0.5, 0.6) is 0 Å². The zero-order valence-electron chi connectivity index (χ0n) is 8.58. The Balaban J connectivity index is 0.000000165. The molecule has 0 aliphatic carbocycles. The Hall–Kier alpha value is -1.65. The molecule has 0 radical (unpaired) electrons. The number of anilines is 1. The zero-order valence-corrected chi connectivity index (χ0v) is 9.39. The first kappa shape index (κ1) is 12.4. The molecule has 1 atom stereocenters. The van der Waals surface area contributed by atoms with Crippen LogP contribution in [0.15, 0.2) is 65.6 Å². The van der Waals surface area contributed by atoms with Gasteiger partial charge in [-0.25, -0.2) is 0 Å². The van der Waals surface area contributed by atoms with Crippen molar-refractivity contribution in [2.75, 3.05) is 5.73 Å². The predicted octanol–water partition coefficient (Wildman–Crippen LogP) is 2.19. The highest BCUT2D eigenvalue weighted by Gasteiger charge is 1.84. The highest BCUT2D eigenvalue weighted by molar-refractivity contribution is 7.79.